The number of carbonyl (C=O) groups excluding carboxylic acids is 1. The molecule has 1 heterocycles. The van der Waals surface area contributed by atoms with Gasteiger partial charge >= 0.3 is 5.97 Å². The molecule has 2 unspecified atom stereocenters. The van der Waals surface area contributed by atoms with E-state index in [1.54, 1.807) is 0 Å². The Balaban J connectivity index is 2.48. The summed E-state index contributed by atoms with van der Waals surface area (Å²) >= 11 is 0. The number of nitrogens with two attached hydrogens (primary N) is 1. The number of esters is 1. The molecule has 0 saturated carbocycles. The monoisotopic (exact) mass is 157 g/mol. The van der Waals surface area contributed by atoms with Crippen LogP contribution in [0.2, 0.25) is 0 Å². The van der Waals surface area contributed by atoms with Crippen LogP contribution in [-0.4, -0.2) is 17.6 Å². The Morgan fingerprint density at radius 1 is 1.82 bits per heavy atom. The van der Waals surface area contributed by atoms with E-state index in [0.717, 1.165) is 12.8 Å². The fourth-order valence-electron chi connectivity index (χ4n) is 1.57. The molecule has 0 radical (unpaired) electrons. The molecular weight excluding hydrogens is 142 g/mol. The van der Waals surface area contributed by atoms with E-state index in [2.05, 4.69) is 0 Å². The number of carbonyl (C=O) groups is 1. The molecule has 0 amide bonds. The molecule has 0 spiro atoms. The first-order chi connectivity index (χ1) is 5.02. The van der Waals surface area contributed by atoms with Crippen LogP contribution < -0.4 is 5.73 Å². The van der Waals surface area contributed by atoms with E-state index in [9.17, 15) is 4.79 Å². The number of ether oxygens (including phenoxy) is 1. The molecule has 3 nitrogen and oxygen atoms in total. The zero-order valence-corrected chi connectivity index (χ0v) is 7.09. The van der Waals surface area contributed by atoms with Crippen molar-refractivity contribution >= 4 is 5.97 Å². The normalized spacial score (nSPS) is 33.5. The minimum Gasteiger partial charge on any atom is -0.459 e. The van der Waals surface area contributed by atoms with Gasteiger partial charge in [-0.15, -0.1) is 0 Å². The summed E-state index contributed by atoms with van der Waals surface area (Å²) in [6.07, 6.45) is 2.12. The third kappa shape index (κ3) is 2.19. The lowest BCUT2D eigenvalue weighted by atomic mass is 9.95. The van der Waals surface area contributed by atoms with E-state index >= 15 is 0 Å². The van der Waals surface area contributed by atoms with Gasteiger partial charge in [-0.05, 0) is 20.3 Å². The van der Waals surface area contributed by atoms with Gasteiger partial charge in [-0.2, -0.15) is 0 Å². The first-order valence-electron chi connectivity index (χ1n) is 3.99. The molecule has 3 heteroatoms. The molecule has 0 aromatic heterocycles. The summed E-state index contributed by atoms with van der Waals surface area (Å²) in [6, 6.07) is 0.103. The summed E-state index contributed by atoms with van der Waals surface area (Å²) in [4.78, 5) is 10.8. The number of hydrogen-bond acceptors (Lipinski definition) is 3. The van der Waals surface area contributed by atoms with Crippen molar-refractivity contribution in [3.63, 3.8) is 0 Å². The summed E-state index contributed by atoms with van der Waals surface area (Å²) in [5.41, 5.74) is 5.33. The standard InChI is InChI=1S/C8H15NO2/c1-6(9)5-8(2)4-3-7(10)11-8/h6H,3-5,9H2,1-2H3. The first-order valence-corrected chi connectivity index (χ1v) is 3.99. The second-order valence-electron chi connectivity index (χ2n) is 3.61. The van der Waals surface area contributed by atoms with Crippen LogP contribution in [0.3, 0.4) is 0 Å². The average molecular weight is 157 g/mol. The van der Waals surface area contributed by atoms with Gasteiger partial charge in [0.05, 0.1) is 0 Å². The molecule has 64 valence electrons. The van der Waals surface area contributed by atoms with E-state index in [1.165, 1.54) is 0 Å². The molecule has 0 aliphatic carbocycles. The minimum atomic E-state index is -0.286. The number of cyclic esters (lactones) is 1. The van der Waals surface area contributed by atoms with Gasteiger partial charge in [0.1, 0.15) is 5.60 Å². The van der Waals surface area contributed by atoms with Crippen molar-refractivity contribution in [2.75, 3.05) is 0 Å². The quantitative estimate of drug-likeness (QED) is 0.604. The number of hydrogen-bond donors (Lipinski definition) is 1. The topological polar surface area (TPSA) is 52.3 Å². The Morgan fingerprint density at radius 2 is 2.45 bits per heavy atom. The Kier molecular flexibility index (Phi) is 2.18. The van der Waals surface area contributed by atoms with E-state index < -0.39 is 0 Å². The summed E-state index contributed by atoms with van der Waals surface area (Å²) in [7, 11) is 0. The molecule has 2 N–H and O–H groups in total. The van der Waals surface area contributed by atoms with E-state index in [4.69, 9.17) is 10.5 Å². The first kappa shape index (κ1) is 8.53. The van der Waals surface area contributed by atoms with Crippen LogP contribution in [0, 0.1) is 0 Å². The van der Waals surface area contributed by atoms with Crippen molar-refractivity contribution in [1.29, 1.82) is 0 Å². The van der Waals surface area contributed by atoms with Crippen molar-refractivity contribution in [1.82, 2.24) is 0 Å². The molecule has 1 rings (SSSR count). The Labute approximate surface area is 66.9 Å². The third-order valence-corrected chi connectivity index (χ3v) is 1.97. The van der Waals surface area contributed by atoms with Gasteiger partial charge in [-0.3, -0.25) is 4.79 Å². The molecule has 1 aliphatic heterocycles. The van der Waals surface area contributed by atoms with Crippen LogP contribution in [0.5, 0.6) is 0 Å². The van der Waals surface area contributed by atoms with Crippen LogP contribution in [0.15, 0.2) is 0 Å². The van der Waals surface area contributed by atoms with Gasteiger partial charge in [0, 0.05) is 18.9 Å². The van der Waals surface area contributed by atoms with E-state index in [0.29, 0.717) is 6.42 Å². The summed E-state index contributed by atoms with van der Waals surface area (Å²) < 4.78 is 5.14. The maximum atomic E-state index is 10.8. The van der Waals surface area contributed by atoms with E-state index in [-0.39, 0.29) is 17.6 Å². The lowest BCUT2D eigenvalue weighted by Crippen LogP contribution is -2.32. The molecule has 0 aromatic rings. The summed E-state index contributed by atoms with van der Waals surface area (Å²) in [5.74, 6) is -0.0897. The van der Waals surface area contributed by atoms with Crippen molar-refractivity contribution in [2.24, 2.45) is 5.73 Å². The van der Waals surface area contributed by atoms with Crippen molar-refractivity contribution in [3.05, 3.63) is 0 Å². The SMILES string of the molecule is CC(N)CC1(C)CCC(=O)O1. The van der Waals surface area contributed by atoms with Crippen LogP contribution >= 0.6 is 0 Å². The maximum Gasteiger partial charge on any atom is 0.306 e. The van der Waals surface area contributed by atoms with Crippen molar-refractivity contribution in [2.45, 2.75) is 44.8 Å². The highest BCUT2D eigenvalue weighted by molar-refractivity contribution is 5.72. The molecule has 1 fully saturated rings. The van der Waals surface area contributed by atoms with Crippen molar-refractivity contribution < 1.29 is 9.53 Å². The largest absolute Gasteiger partial charge is 0.459 e. The Morgan fingerprint density at radius 3 is 2.82 bits per heavy atom. The van der Waals surface area contributed by atoms with Crippen molar-refractivity contribution in [3.8, 4) is 0 Å². The van der Waals surface area contributed by atoms with Crippen LogP contribution in [-0.2, 0) is 9.53 Å². The Hall–Kier alpha value is -0.570. The molecule has 0 aromatic carbocycles. The summed E-state index contributed by atoms with van der Waals surface area (Å²) in [6.45, 7) is 3.87. The van der Waals surface area contributed by atoms with Crippen LogP contribution in [0.1, 0.15) is 33.1 Å². The van der Waals surface area contributed by atoms with Gasteiger partial charge in [-0.25, -0.2) is 0 Å². The van der Waals surface area contributed by atoms with Gasteiger partial charge in [0.2, 0.25) is 0 Å². The third-order valence-electron chi connectivity index (χ3n) is 1.97. The zero-order chi connectivity index (χ0) is 8.48. The maximum absolute atomic E-state index is 10.8. The van der Waals surface area contributed by atoms with Crippen LogP contribution in [0.25, 0.3) is 0 Å². The van der Waals surface area contributed by atoms with E-state index in [1.807, 2.05) is 13.8 Å². The zero-order valence-electron chi connectivity index (χ0n) is 7.09. The van der Waals surface area contributed by atoms with Crippen LogP contribution in [0.4, 0.5) is 0 Å². The Bertz CT molecular complexity index is 167. The highest BCUT2D eigenvalue weighted by Crippen LogP contribution is 2.29. The molecule has 2 atom stereocenters. The predicted octanol–water partition coefficient (Wildman–Crippen LogP) is 0.819. The molecule has 1 saturated heterocycles. The molecule has 11 heavy (non-hydrogen) atoms. The fraction of sp³-hybridized carbons (Fsp3) is 0.875. The number of rotatable bonds is 2. The molecule has 1 aliphatic rings. The molecule has 0 bridgehead atoms. The second-order valence-corrected chi connectivity index (χ2v) is 3.61. The fourth-order valence-corrected chi connectivity index (χ4v) is 1.57. The minimum absolute atomic E-state index is 0.0897. The predicted molar refractivity (Wildman–Crippen MR) is 42.0 cm³/mol. The molecular formula is C8H15NO2. The lowest BCUT2D eigenvalue weighted by Gasteiger charge is -2.24. The highest BCUT2D eigenvalue weighted by atomic mass is 16.6. The van der Waals surface area contributed by atoms with Gasteiger partial charge in [0.15, 0.2) is 0 Å². The smallest absolute Gasteiger partial charge is 0.306 e. The average Bonchev–Trinajstić information content (AvgIpc) is 2.08. The summed E-state index contributed by atoms with van der Waals surface area (Å²) in [5, 5.41) is 0. The van der Waals surface area contributed by atoms with Gasteiger partial charge in [-0.1, -0.05) is 0 Å². The lowest BCUT2D eigenvalue weighted by molar-refractivity contribution is -0.147. The van der Waals surface area contributed by atoms with Gasteiger partial charge in [0.25, 0.3) is 0 Å². The second kappa shape index (κ2) is 2.81. The highest BCUT2D eigenvalue weighted by Gasteiger charge is 2.35. The van der Waals surface area contributed by atoms with Gasteiger partial charge < -0.3 is 10.5 Å².